The number of non-ortho nitro benzene ring substituents is 1. The van der Waals surface area contributed by atoms with Crippen LogP contribution in [0.4, 0.5) is 5.69 Å². The number of hydrogen-bond acceptors (Lipinski definition) is 6. The van der Waals surface area contributed by atoms with Crippen molar-refractivity contribution in [3.8, 4) is 11.5 Å². The van der Waals surface area contributed by atoms with Crippen LogP contribution in [0.3, 0.4) is 0 Å². The molecule has 3 rings (SSSR count). The van der Waals surface area contributed by atoms with E-state index in [1.807, 2.05) is 36.4 Å². The number of rotatable bonds is 6. The van der Waals surface area contributed by atoms with Crippen LogP contribution in [0.25, 0.3) is 10.8 Å². The molecule has 0 fully saturated rings. The number of hydrogen-bond donors (Lipinski definition) is 2. The first-order chi connectivity index (χ1) is 13.4. The van der Waals surface area contributed by atoms with Crippen LogP contribution >= 0.6 is 0 Å². The van der Waals surface area contributed by atoms with Crippen LogP contribution in [0.15, 0.2) is 65.8 Å². The van der Waals surface area contributed by atoms with Crippen LogP contribution in [0.5, 0.6) is 11.5 Å². The van der Waals surface area contributed by atoms with Gasteiger partial charge in [-0.2, -0.15) is 5.10 Å². The summed E-state index contributed by atoms with van der Waals surface area (Å²) in [6, 6.07) is 16.8. The Hall–Kier alpha value is -3.94. The van der Waals surface area contributed by atoms with Crippen LogP contribution in [0, 0.1) is 10.1 Å². The second kappa shape index (κ2) is 8.17. The lowest BCUT2D eigenvalue weighted by molar-refractivity contribution is -0.384. The molecule has 3 aromatic carbocycles. The smallest absolute Gasteiger partial charge is 0.280 e. The summed E-state index contributed by atoms with van der Waals surface area (Å²) >= 11 is 0. The molecule has 8 heteroatoms. The molecule has 1 atom stereocenters. The Kier molecular flexibility index (Phi) is 5.50. The third kappa shape index (κ3) is 4.42. The molecule has 0 aliphatic rings. The topological polar surface area (TPSA) is 114 Å². The van der Waals surface area contributed by atoms with Crippen LogP contribution < -0.4 is 10.2 Å². The molecule has 8 nitrogen and oxygen atoms in total. The predicted octanol–water partition coefficient (Wildman–Crippen LogP) is 3.37. The van der Waals surface area contributed by atoms with E-state index in [-0.39, 0.29) is 17.0 Å². The maximum absolute atomic E-state index is 12.1. The fraction of sp³-hybridized carbons (Fsp3) is 0.100. The SMILES string of the molecule is C[C@H](Oc1ccc2ccccc2c1)C(=O)N/N=C/c1cc([N+](=O)[O-])ccc1O. The number of hydrazone groups is 1. The fourth-order valence-electron chi connectivity index (χ4n) is 2.51. The van der Waals surface area contributed by atoms with Gasteiger partial charge in [-0.1, -0.05) is 30.3 Å². The van der Waals surface area contributed by atoms with Crippen LogP contribution in [0.1, 0.15) is 12.5 Å². The van der Waals surface area contributed by atoms with Gasteiger partial charge in [-0.05, 0) is 35.9 Å². The number of nitro benzene ring substituents is 1. The second-order valence-electron chi connectivity index (χ2n) is 6.00. The first-order valence-corrected chi connectivity index (χ1v) is 8.40. The molecule has 0 saturated carbocycles. The molecule has 0 spiro atoms. The third-order valence-corrected chi connectivity index (χ3v) is 4.00. The van der Waals surface area contributed by atoms with Gasteiger partial charge < -0.3 is 9.84 Å². The molecule has 142 valence electrons. The summed E-state index contributed by atoms with van der Waals surface area (Å²) in [4.78, 5) is 22.3. The number of nitro groups is 1. The zero-order valence-corrected chi connectivity index (χ0v) is 14.9. The highest BCUT2D eigenvalue weighted by molar-refractivity contribution is 5.87. The molecule has 0 unspecified atom stereocenters. The number of amides is 1. The molecule has 0 aliphatic carbocycles. The van der Waals surface area contributed by atoms with Gasteiger partial charge in [0.1, 0.15) is 11.5 Å². The van der Waals surface area contributed by atoms with E-state index < -0.39 is 16.9 Å². The zero-order chi connectivity index (χ0) is 20.1. The van der Waals surface area contributed by atoms with Crippen molar-refractivity contribution < 1.29 is 19.6 Å². The summed E-state index contributed by atoms with van der Waals surface area (Å²) in [5, 5.41) is 26.3. The van der Waals surface area contributed by atoms with Gasteiger partial charge in [-0.25, -0.2) is 5.43 Å². The van der Waals surface area contributed by atoms with Gasteiger partial charge in [-0.15, -0.1) is 0 Å². The molecule has 0 aliphatic heterocycles. The number of phenolic OH excluding ortho intramolecular Hbond substituents is 1. The molecule has 0 aromatic heterocycles. The summed E-state index contributed by atoms with van der Waals surface area (Å²) in [5.41, 5.74) is 2.20. The van der Waals surface area contributed by atoms with Crippen molar-refractivity contribution in [2.45, 2.75) is 13.0 Å². The van der Waals surface area contributed by atoms with Crippen LogP contribution in [0.2, 0.25) is 0 Å². The number of nitrogens with zero attached hydrogens (tertiary/aromatic N) is 2. The summed E-state index contributed by atoms with van der Waals surface area (Å²) in [6.45, 7) is 1.57. The van der Waals surface area contributed by atoms with Crippen LogP contribution in [-0.2, 0) is 4.79 Å². The number of nitrogens with one attached hydrogen (secondary N) is 1. The van der Waals surface area contributed by atoms with E-state index >= 15 is 0 Å². The number of benzene rings is 3. The zero-order valence-electron chi connectivity index (χ0n) is 14.9. The quantitative estimate of drug-likeness (QED) is 0.387. The Morgan fingerprint density at radius 1 is 1.18 bits per heavy atom. The Bertz CT molecular complexity index is 1060. The van der Waals surface area contributed by atoms with Gasteiger partial charge in [0, 0.05) is 17.7 Å². The second-order valence-corrected chi connectivity index (χ2v) is 6.00. The van der Waals surface area contributed by atoms with E-state index in [0.29, 0.717) is 5.75 Å². The van der Waals surface area contributed by atoms with Crippen LogP contribution in [-0.4, -0.2) is 28.3 Å². The highest BCUT2D eigenvalue weighted by atomic mass is 16.6. The van der Waals surface area contributed by atoms with Crippen molar-refractivity contribution in [1.82, 2.24) is 5.43 Å². The molecule has 1 amide bonds. The Labute approximate surface area is 160 Å². The number of aromatic hydroxyl groups is 1. The highest BCUT2D eigenvalue weighted by Crippen LogP contribution is 2.22. The summed E-state index contributed by atoms with van der Waals surface area (Å²) in [7, 11) is 0. The van der Waals surface area contributed by atoms with Crippen molar-refractivity contribution in [1.29, 1.82) is 0 Å². The van der Waals surface area contributed by atoms with Crippen molar-refractivity contribution in [2.75, 3.05) is 0 Å². The van der Waals surface area contributed by atoms with E-state index in [9.17, 15) is 20.0 Å². The maximum atomic E-state index is 12.1. The number of ether oxygens (including phenoxy) is 1. The molecular formula is C20H17N3O5. The minimum absolute atomic E-state index is 0.109. The lowest BCUT2D eigenvalue weighted by Gasteiger charge is -2.13. The normalized spacial score (nSPS) is 12.0. The lowest BCUT2D eigenvalue weighted by Crippen LogP contribution is -2.33. The van der Waals surface area contributed by atoms with Gasteiger partial charge in [0.15, 0.2) is 6.10 Å². The molecule has 2 N–H and O–H groups in total. The monoisotopic (exact) mass is 379 g/mol. The molecule has 0 bridgehead atoms. The molecule has 28 heavy (non-hydrogen) atoms. The predicted molar refractivity (Wildman–Crippen MR) is 105 cm³/mol. The largest absolute Gasteiger partial charge is 0.507 e. The number of fused-ring (bicyclic) bond motifs is 1. The highest BCUT2D eigenvalue weighted by Gasteiger charge is 2.14. The van der Waals surface area contributed by atoms with E-state index in [2.05, 4.69) is 10.5 Å². The van der Waals surface area contributed by atoms with Gasteiger partial charge in [-0.3, -0.25) is 14.9 Å². The number of phenols is 1. The van der Waals surface area contributed by atoms with Crippen molar-refractivity contribution >= 4 is 28.6 Å². The number of carbonyl (C=O) groups is 1. The van der Waals surface area contributed by atoms with Gasteiger partial charge in [0.25, 0.3) is 11.6 Å². The average molecular weight is 379 g/mol. The number of carbonyl (C=O) groups excluding carboxylic acids is 1. The first-order valence-electron chi connectivity index (χ1n) is 8.40. The molecule has 0 saturated heterocycles. The molecular weight excluding hydrogens is 362 g/mol. The Balaban J connectivity index is 1.63. The van der Waals surface area contributed by atoms with E-state index in [4.69, 9.17) is 4.74 Å². The van der Waals surface area contributed by atoms with Gasteiger partial charge >= 0.3 is 0 Å². The van der Waals surface area contributed by atoms with E-state index in [0.717, 1.165) is 23.1 Å². The molecule has 3 aromatic rings. The first kappa shape index (κ1) is 18.8. The van der Waals surface area contributed by atoms with Crippen molar-refractivity contribution in [3.05, 3.63) is 76.3 Å². The standard InChI is InChI=1S/C20H17N3O5/c1-13(28-18-8-6-14-4-2-3-5-15(14)11-18)20(25)22-21-12-16-10-17(23(26)27)7-9-19(16)24/h2-13,24H,1H3,(H,22,25)/b21-12+/t13-/m0/s1. The maximum Gasteiger partial charge on any atom is 0.280 e. The summed E-state index contributed by atoms with van der Waals surface area (Å²) in [5.74, 6) is -0.153. The van der Waals surface area contributed by atoms with E-state index in [1.54, 1.807) is 13.0 Å². The molecule has 0 heterocycles. The minimum atomic E-state index is -0.822. The lowest BCUT2D eigenvalue weighted by atomic mass is 10.1. The Morgan fingerprint density at radius 2 is 1.93 bits per heavy atom. The Morgan fingerprint density at radius 3 is 2.68 bits per heavy atom. The minimum Gasteiger partial charge on any atom is -0.507 e. The van der Waals surface area contributed by atoms with Gasteiger partial charge in [0.05, 0.1) is 11.1 Å². The van der Waals surface area contributed by atoms with Crippen molar-refractivity contribution in [2.24, 2.45) is 5.10 Å². The third-order valence-electron chi connectivity index (χ3n) is 4.00. The van der Waals surface area contributed by atoms with Crippen molar-refractivity contribution in [3.63, 3.8) is 0 Å². The summed E-state index contributed by atoms with van der Waals surface area (Å²) < 4.78 is 5.64. The molecule has 0 radical (unpaired) electrons. The summed E-state index contributed by atoms with van der Waals surface area (Å²) in [6.07, 6.45) is 0.306. The van der Waals surface area contributed by atoms with Gasteiger partial charge in [0.2, 0.25) is 0 Å². The average Bonchev–Trinajstić information content (AvgIpc) is 2.69. The fourth-order valence-corrected chi connectivity index (χ4v) is 2.51. The van der Waals surface area contributed by atoms with E-state index in [1.165, 1.54) is 12.1 Å².